The average Bonchev–Trinajstić information content (AvgIpc) is 3.00. The van der Waals surface area contributed by atoms with E-state index >= 15 is 0 Å². The molecule has 0 amide bonds. The van der Waals surface area contributed by atoms with E-state index in [4.69, 9.17) is 14.0 Å². The van der Waals surface area contributed by atoms with Gasteiger partial charge in [-0.15, -0.1) is 0 Å². The molecule has 6 heteroatoms. The average molecular weight is 364 g/mol. The predicted octanol–water partition coefficient (Wildman–Crippen LogP) is 4.13. The van der Waals surface area contributed by atoms with E-state index in [1.54, 1.807) is 0 Å². The number of rotatable bonds is 5. The highest BCUT2D eigenvalue weighted by atomic mass is 28.4. The molecule has 0 unspecified atom stereocenters. The van der Waals surface area contributed by atoms with Crippen molar-refractivity contribution in [1.29, 1.82) is 0 Å². The van der Waals surface area contributed by atoms with E-state index in [2.05, 4.69) is 39.0 Å². The molecule has 0 fully saturated rings. The molecular weight excluding hydrogens is 334 g/mol. The van der Waals surface area contributed by atoms with Crippen molar-refractivity contribution in [3.05, 3.63) is 35.9 Å². The van der Waals surface area contributed by atoms with E-state index in [1.807, 2.05) is 37.3 Å². The minimum Gasteiger partial charge on any atom is -0.466 e. The lowest BCUT2D eigenvalue weighted by molar-refractivity contribution is -0.178. The second-order valence-electron chi connectivity index (χ2n) is 8.07. The first-order valence-corrected chi connectivity index (χ1v) is 11.5. The molecule has 138 valence electrons. The zero-order valence-corrected chi connectivity index (χ0v) is 17.3. The SMILES string of the molecule is COC(=O)[C@]1([C@@H](C)O[Si](C)(C)C(C)(C)C)CC(c2ccccc2)=NO1. The molecule has 0 saturated carbocycles. The number of oxime groups is 1. The van der Waals surface area contributed by atoms with Crippen LogP contribution in [-0.4, -0.2) is 38.8 Å². The van der Waals surface area contributed by atoms with Gasteiger partial charge in [0.25, 0.3) is 5.60 Å². The number of carbonyl (C=O) groups is 1. The summed E-state index contributed by atoms with van der Waals surface area (Å²) in [5.41, 5.74) is 0.430. The summed E-state index contributed by atoms with van der Waals surface area (Å²) in [5.74, 6) is -0.451. The molecule has 0 aliphatic carbocycles. The fraction of sp³-hybridized carbons (Fsp3) is 0.579. The third-order valence-electron chi connectivity index (χ3n) is 5.32. The Balaban J connectivity index is 2.28. The third-order valence-corrected chi connectivity index (χ3v) is 9.88. The molecule has 25 heavy (non-hydrogen) atoms. The van der Waals surface area contributed by atoms with Crippen LogP contribution in [0.15, 0.2) is 35.5 Å². The highest BCUT2D eigenvalue weighted by Crippen LogP contribution is 2.41. The van der Waals surface area contributed by atoms with Gasteiger partial charge in [-0.05, 0) is 30.6 Å². The lowest BCUT2D eigenvalue weighted by atomic mass is 9.90. The van der Waals surface area contributed by atoms with Gasteiger partial charge in [-0.25, -0.2) is 4.79 Å². The van der Waals surface area contributed by atoms with Crippen molar-refractivity contribution in [2.24, 2.45) is 5.16 Å². The van der Waals surface area contributed by atoms with E-state index in [0.717, 1.165) is 11.3 Å². The summed E-state index contributed by atoms with van der Waals surface area (Å²) in [6.45, 7) is 12.7. The van der Waals surface area contributed by atoms with Crippen LogP contribution in [0.2, 0.25) is 18.1 Å². The Morgan fingerprint density at radius 1 is 1.28 bits per heavy atom. The highest BCUT2D eigenvalue weighted by molar-refractivity contribution is 6.74. The first-order valence-electron chi connectivity index (χ1n) is 8.60. The molecule has 0 spiro atoms. The smallest absolute Gasteiger partial charge is 0.356 e. The molecule has 1 aliphatic heterocycles. The monoisotopic (exact) mass is 363 g/mol. The van der Waals surface area contributed by atoms with E-state index in [1.165, 1.54) is 7.11 Å². The molecule has 0 bridgehead atoms. The number of hydrogen-bond acceptors (Lipinski definition) is 5. The normalized spacial score (nSPS) is 22.1. The number of nitrogens with zero attached hydrogens (tertiary/aromatic N) is 1. The van der Waals surface area contributed by atoms with Crippen LogP contribution in [0, 0.1) is 0 Å². The molecule has 2 rings (SSSR count). The number of hydrogen-bond donors (Lipinski definition) is 0. The standard InChI is InChI=1S/C19H29NO4Si/c1-14(23-25(6,7)18(2,3)4)19(17(21)22-5)13-16(20-24-19)15-11-9-8-10-12-15/h8-12,14H,13H2,1-7H3/t14-,19-/m1/s1. The molecule has 0 N–H and O–H groups in total. The summed E-state index contributed by atoms with van der Waals surface area (Å²) in [4.78, 5) is 18.3. The number of ether oxygens (including phenoxy) is 1. The molecule has 2 atom stereocenters. The largest absolute Gasteiger partial charge is 0.466 e. The first-order chi connectivity index (χ1) is 11.5. The van der Waals surface area contributed by atoms with Gasteiger partial charge in [0, 0.05) is 0 Å². The molecular formula is C19H29NO4Si. The second-order valence-corrected chi connectivity index (χ2v) is 12.8. The van der Waals surface area contributed by atoms with Crippen LogP contribution in [-0.2, 0) is 18.8 Å². The number of esters is 1. The topological polar surface area (TPSA) is 57.1 Å². The van der Waals surface area contributed by atoms with Gasteiger partial charge >= 0.3 is 5.97 Å². The maximum absolute atomic E-state index is 12.6. The van der Waals surface area contributed by atoms with Gasteiger partial charge in [0.2, 0.25) is 0 Å². The zero-order valence-electron chi connectivity index (χ0n) is 16.3. The third kappa shape index (κ3) is 3.80. The van der Waals surface area contributed by atoms with Crippen LogP contribution < -0.4 is 0 Å². The number of benzene rings is 1. The van der Waals surface area contributed by atoms with Crippen molar-refractivity contribution < 1.29 is 18.8 Å². The van der Waals surface area contributed by atoms with Crippen molar-refractivity contribution >= 4 is 20.0 Å². The molecule has 1 aliphatic rings. The Morgan fingerprint density at radius 3 is 2.40 bits per heavy atom. The van der Waals surface area contributed by atoms with Crippen molar-refractivity contribution in [2.45, 2.75) is 64.0 Å². The second kappa shape index (κ2) is 6.92. The lowest BCUT2D eigenvalue weighted by Gasteiger charge is -2.41. The van der Waals surface area contributed by atoms with Crippen LogP contribution in [0.5, 0.6) is 0 Å². The Bertz CT molecular complexity index is 651. The van der Waals surface area contributed by atoms with Crippen molar-refractivity contribution in [3.63, 3.8) is 0 Å². The Morgan fingerprint density at radius 2 is 1.88 bits per heavy atom. The number of methoxy groups -OCH3 is 1. The molecule has 1 aromatic carbocycles. The molecule has 0 saturated heterocycles. The van der Waals surface area contributed by atoms with E-state index in [-0.39, 0.29) is 5.04 Å². The van der Waals surface area contributed by atoms with Gasteiger partial charge in [0.1, 0.15) is 0 Å². The van der Waals surface area contributed by atoms with Gasteiger partial charge in [0.15, 0.2) is 8.32 Å². The van der Waals surface area contributed by atoms with Gasteiger partial charge in [-0.2, -0.15) is 0 Å². The molecule has 1 aromatic rings. The fourth-order valence-corrected chi connectivity index (χ4v) is 4.04. The minimum atomic E-state index is -2.08. The molecule has 0 radical (unpaired) electrons. The number of carbonyl (C=O) groups excluding carboxylic acids is 1. The summed E-state index contributed by atoms with van der Waals surface area (Å²) in [7, 11) is -0.713. The molecule has 0 aromatic heterocycles. The maximum Gasteiger partial charge on any atom is 0.356 e. The predicted molar refractivity (Wildman–Crippen MR) is 101 cm³/mol. The van der Waals surface area contributed by atoms with E-state index in [9.17, 15) is 4.79 Å². The van der Waals surface area contributed by atoms with E-state index in [0.29, 0.717) is 6.42 Å². The van der Waals surface area contributed by atoms with Crippen LogP contribution in [0.4, 0.5) is 0 Å². The van der Waals surface area contributed by atoms with Crippen LogP contribution in [0.3, 0.4) is 0 Å². The highest BCUT2D eigenvalue weighted by Gasteiger charge is 2.55. The maximum atomic E-state index is 12.6. The molecule has 1 heterocycles. The van der Waals surface area contributed by atoms with Crippen LogP contribution in [0.25, 0.3) is 0 Å². The summed E-state index contributed by atoms with van der Waals surface area (Å²) in [5, 5.41) is 4.22. The summed E-state index contributed by atoms with van der Waals surface area (Å²) >= 11 is 0. The van der Waals surface area contributed by atoms with Crippen molar-refractivity contribution in [3.8, 4) is 0 Å². The first kappa shape index (κ1) is 19.7. The van der Waals surface area contributed by atoms with Gasteiger partial charge in [0.05, 0.1) is 25.3 Å². The van der Waals surface area contributed by atoms with Crippen LogP contribution in [0.1, 0.15) is 39.7 Å². The Kier molecular flexibility index (Phi) is 5.44. The fourth-order valence-electron chi connectivity index (χ4n) is 2.62. The van der Waals surface area contributed by atoms with Gasteiger partial charge in [-0.1, -0.05) is 56.3 Å². The summed E-state index contributed by atoms with van der Waals surface area (Å²) in [6.07, 6.45) is -0.134. The van der Waals surface area contributed by atoms with Crippen LogP contribution >= 0.6 is 0 Å². The van der Waals surface area contributed by atoms with Crippen molar-refractivity contribution in [2.75, 3.05) is 7.11 Å². The Hall–Kier alpha value is -1.66. The van der Waals surface area contributed by atoms with Gasteiger partial charge in [-0.3, -0.25) is 0 Å². The van der Waals surface area contributed by atoms with E-state index < -0.39 is 26.0 Å². The minimum absolute atomic E-state index is 0.0281. The van der Waals surface area contributed by atoms with Gasteiger partial charge < -0.3 is 14.0 Å². The Labute approximate surface area is 151 Å². The quantitative estimate of drug-likeness (QED) is 0.583. The lowest BCUT2D eigenvalue weighted by Crippen LogP contribution is -2.55. The molecule has 5 nitrogen and oxygen atoms in total. The zero-order chi connectivity index (χ0) is 18.9. The summed E-state index contributed by atoms with van der Waals surface area (Å²) in [6, 6.07) is 9.72. The summed E-state index contributed by atoms with van der Waals surface area (Å²) < 4.78 is 11.5. The van der Waals surface area contributed by atoms with Crippen molar-refractivity contribution in [1.82, 2.24) is 0 Å².